The average Bonchev–Trinajstić information content (AvgIpc) is 2.40. The smallest absolute Gasteiger partial charge is 0.134 e. The van der Waals surface area contributed by atoms with Gasteiger partial charge in [-0.15, -0.1) is 0 Å². The van der Waals surface area contributed by atoms with Gasteiger partial charge in [-0.05, 0) is 43.2 Å². The Balaban J connectivity index is 1.92. The van der Waals surface area contributed by atoms with Gasteiger partial charge >= 0.3 is 0 Å². The molecule has 1 heterocycles. The second kappa shape index (κ2) is 4.19. The van der Waals surface area contributed by atoms with Crippen molar-refractivity contribution in [2.24, 2.45) is 5.92 Å². The van der Waals surface area contributed by atoms with Gasteiger partial charge in [0.05, 0.1) is 6.26 Å². The predicted molar refractivity (Wildman–Crippen MR) is 67.3 cm³/mol. The van der Waals surface area contributed by atoms with Gasteiger partial charge in [-0.3, -0.25) is 0 Å². The van der Waals surface area contributed by atoms with E-state index in [1.807, 2.05) is 12.3 Å². The first-order valence-corrected chi connectivity index (χ1v) is 6.39. The number of hydrogen-bond donors (Lipinski definition) is 1. The largest absolute Gasteiger partial charge is 0.490 e. The summed E-state index contributed by atoms with van der Waals surface area (Å²) in [5.41, 5.74) is 2.47. The Kier molecular flexibility index (Phi) is 2.67. The number of aliphatic hydroxyl groups excluding tert-OH is 1. The lowest BCUT2D eigenvalue weighted by Crippen LogP contribution is -2.36. The lowest BCUT2D eigenvalue weighted by Gasteiger charge is -2.41. The fourth-order valence-electron chi connectivity index (χ4n) is 3.07. The van der Waals surface area contributed by atoms with Gasteiger partial charge in [-0.25, -0.2) is 0 Å². The molecule has 0 saturated heterocycles. The fourth-order valence-corrected chi connectivity index (χ4v) is 3.07. The standard InChI is InChI=1S/C15H18O2/c16-11-12-5-8-15(9-6-12)14-4-2-1-3-13(14)7-10-17-15/h1-4,7,10,12,16H,5-6,8-9,11H2. The van der Waals surface area contributed by atoms with Crippen molar-refractivity contribution < 1.29 is 9.84 Å². The molecule has 1 aromatic rings. The summed E-state index contributed by atoms with van der Waals surface area (Å²) in [5.74, 6) is 0.460. The zero-order valence-electron chi connectivity index (χ0n) is 9.93. The van der Waals surface area contributed by atoms with Crippen molar-refractivity contribution >= 4 is 6.08 Å². The van der Waals surface area contributed by atoms with Crippen molar-refractivity contribution in [2.45, 2.75) is 31.3 Å². The number of benzene rings is 1. The van der Waals surface area contributed by atoms with Crippen LogP contribution in [-0.4, -0.2) is 11.7 Å². The lowest BCUT2D eigenvalue weighted by molar-refractivity contribution is -0.0356. The van der Waals surface area contributed by atoms with Crippen molar-refractivity contribution in [2.75, 3.05) is 6.61 Å². The highest BCUT2D eigenvalue weighted by Crippen LogP contribution is 2.45. The van der Waals surface area contributed by atoms with Gasteiger partial charge in [0.2, 0.25) is 0 Å². The summed E-state index contributed by atoms with van der Waals surface area (Å²) in [6.07, 6.45) is 8.01. The molecule has 2 nitrogen and oxygen atoms in total. The van der Waals surface area contributed by atoms with Crippen LogP contribution in [0, 0.1) is 5.92 Å². The fraction of sp³-hybridized carbons (Fsp3) is 0.467. The minimum atomic E-state index is -0.128. The van der Waals surface area contributed by atoms with Gasteiger partial charge in [-0.2, -0.15) is 0 Å². The van der Waals surface area contributed by atoms with Gasteiger partial charge in [0.1, 0.15) is 5.60 Å². The number of ether oxygens (including phenoxy) is 1. The highest BCUT2D eigenvalue weighted by atomic mass is 16.5. The third-order valence-corrected chi connectivity index (χ3v) is 4.16. The molecule has 17 heavy (non-hydrogen) atoms. The lowest BCUT2D eigenvalue weighted by atomic mass is 9.73. The van der Waals surface area contributed by atoms with Crippen LogP contribution in [0.1, 0.15) is 36.8 Å². The van der Waals surface area contributed by atoms with Crippen LogP contribution in [0.3, 0.4) is 0 Å². The molecule has 1 aliphatic carbocycles. The molecule has 1 spiro atoms. The molecule has 0 amide bonds. The molecular formula is C15H18O2. The van der Waals surface area contributed by atoms with Crippen LogP contribution in [0.2, 0.25) is 0 Å². The minimum Gasteiger partial charge on any atom is -0.490 e. The normalized spacial score (nSPS) is 31.0. The van der Waals surface area contributed by atoms with E-state index in [-0.39, 0.29) is 5.60 Å². The number of rotatable bonds is 1. The average molecular weight is 230 g/mol. The Morgan fingerprint density at radius 1 is 1.24 bits per heavy atom. The summed E-state index contributed by atoms with van der Waals surface area (Å²) < 4.78 is 5.96. The number of hydrogen-bond acceptors (Lipinski definition) is 2. The third-order valence-electron chi connectivity index (χ3n) is 4.16. The van der Waals surface area contributed by atoms with E-state index in [9.17, 15) is 5.11 Å². The van der Waals surface area contributed by atoms with Crippen molar-refractivity contribution in [1.29, 1.82) is 0 Å². The van der Waals surface area contributed by atoms with Crippen LogP contribution in [0.5, 0.6) is 0 Å². The van der Waals surface area contributed by atoms with E-state index in [0.29, 0.717) is 12.5 Å². The van der Waals surface area contributed by atoms with Crippen molar-refractivity contribution in [3.63, 3.8) is 0 Å². The Hall–Kier alpha value is -1.28. The van der Waals surface area contributed by atoms with Gasteiger partial charge in [-0.1, -0.05) is 24.3 Å². The number of fused-ring (bicyclic) bond motifs is 2. The maximum absolute atomic E-state index is 9.22. The SMILES string of the molecule is OCC1CCC2(CC1)OC=Cc1ccccc12. The summed E-state index contributed by atoms with van der Waals surface area (Å²) >= 11 is 0. The number of aliphatic hydroxyl groups is 1. The molecule has 2 aliphatic rings. The highest BCUT2D eigenvalue weighted by molar-refractivity contribution is 5.57. The molecule has 1 aromatic carbocycles. The molecule has 0 bridgehead atoms. The molecule has 0 atom stereocenters. The van der Waals surface area contributed by atoms with Crippen molar-refractivity contribution in [3.8, 4) is 0 Å². The van der Waals surface area contributed by atoms with E-state index in [0.717, 1.165) is 25.7 Å². The first-order chi connectivity index (χ1) is 8.34. The molecule has 0 unspecified atom stereocenters. The maximum atomic E-state index is 9.22. The summed E-state index contributed by atoms with van der Waals surface area (Å²) in [6, 6.07) is 8.48. The quantitative estimate of drug-likeness (QED) is 0.803. The maximum Gasteiger partial charge on any atom is 0.134 e. The summed E-state index contributed by atoms with van der Waals surface area (Å²) in [7, 11) is 0. The van der Waals surface area contributed by atoms with Crippen LogP contribution in [0.4, 0.5) is 0 Å². The Bertz CT molecular complexity index is 428. The Morgan fingerprint density at radius 3 is 2.76 bits per heavy atom. The molecular weight excluding hydrogens is 212 g/mol. The first kappa shape index (κ1) is 10.8. The monoisotopic (exact) mass is 230 g/mol. The van der Waals surface area contributed by atoms with Crippen LogP contribution >= 0.6 is 0 Å². The minimum absolute atomic E-state index is 0.128. The van der Waals surface area contributed by atoms with Crippen LogP contribution in [0.15, 0.2) is 30.5 Å². The van der Waals surface area contributed by atoms with E-state index < -0.39 is 0 Å². The topological polar surface area (TPSA) is 29.5 Å². The molecule has 1 fully saturated rings. The van der Waals surface area contributed by atoms with Crippen LogP contribution < -0.4 is 0 Å². The Labute approximate surface area is 102 Å². The van der Waals surface area contributed by atoms with Gasteiger partial charge in [0.15, 0.2) is 0 Å². The van der Waals surface area contributed by atoms with E-state index in [1.54, 1.807) is 0 Å². The van der Waals surface area contributed by atoms with Crippen LogP contribution in [-0.2, 0) is 10.3 Å². The predicted octanol–water partition coefficient (Wildman–Crippen LogP) is 3.07. The third kappa shape index (κ3) is 1.77. The molecule has 0 radical (unpaired) electrons. The van der Waals surface area contributed by atoms with E-state index >= 15 is 0 Å². The second-order valence-corrected chi connectivity index (χ2v) is 5.13. The van der Waals surface area contributed by atoms with Crippen molar-refractivity contribution in [1.82, 2.24) is 0 Å². The summed E-state index contributed by atoms with van der Waals surface area (Å²) in [5, 5.41) is 9.22. The molecule has 1 N–H and O–H groups in total. The Morgan fingerprint density at radius 2 is 2.00 bits per heavy atom. The molecule has 2 heteroatoms. The summed E-state index contributed by atoms with van der Waals surface area (Å²) in [6.45, 7) is 0.313. The molecule has 0 aromatic heterocycles. The zero-order valence-corrected chi connectivity index (χ0v) is 9.93. The highest BCUT2D eigenvalue weighted by Gasteiger charge is 2.40. The van der Waals surface area contributed by atoms with Crippen molar-refractivity contribution in [3.05, 3.63) is 41.7 Å². The molecule has 1 saturated carbocycles. The first-order valence-electron chi connectivity index (χ1n) is 6.39. The molecule has 90 valence electrons. The summed E-state index contributed by atoms with van der Waals surface area (Å²) in [4.78, 5) is 0. The van der Waals surface area contributed by atoms with Crippen LogP contribution in [0.25, 0.3) is 6.08 Å². The zero-order chi connectivity index (χ0) is 11.7. The van der Waals surface area contributed by atoms with Gasteiger partial charge in [0, 0.05) is 12.2 Å². The molecule has 3 rings (SSSR count). The van der Waals surface area contributed by atoms with E-state index in [2.05, 4.69) is 24.3 Å². The van der Waals surface area contributed by atoms with E-state index in [4.69, 9.17) is 4.74 Å². The molecule has 1 aliphatic heterocycles. The van der Waals surface area contributed by atoms with E-state index in [1.165, 1.54) is 11.1 Å². The second-order valence-electron chi connectivity index (χ2n) is 5.13. The van der Waals surface area contributed by atoms with Gasteiger partial charge < -0.3 is 9.84 Å². The van der Waals surface area contributed by atoms with Gasteiger partial charge in [0.25, 0.3) is 0 Å².